The van der Waals surface area contributed by atoms with Crippen LogP contribution in [-0.4, -0.2) is 21.1 Å². The number of rotatable bonds is 6. The Morgan fingerprint density at radius 2 is 1.74 bits per heavy atom. The van der Waals surface area contributed by atoms with Crippen LogP contribution in [0.15, 0.2) is 29.2 Å². The van der Waals surface area contributed by atoms with E-state index in [1.807, 2.05) is 0 Å². The van der Waals surface area contributed by atoms with Crippen molar-refractivity contribution in [1.82, 2.24) is 4.72 Å². The molecule has 0 aliphatic heterocycles. The van der Waals surface area contributed by atoms with E-state index in [1.54, 1.807) is 0 Å². The van der Waals surface area contributed by atoms with Gasteiger partial charge in [0, 0.05) is 18.7 Å². The molecule has 9 heteroatoms. The van der Waals surface area contributed by atoms with Crippen LogP contribution in [0.3, 0.4) is 0 Å². The summed E-state index contributed by atoms with van der Waals surface area (Å²) in [5.41, 5.74) is 2.86. The molecule has 0 radical (unpaired) electrons. The molecule has 108 valence electrons. The van der Waals surface area contributed by atoms with Gasteiger partial charge < -0.3 is 5.43 Å². The van der Waals surface area contributed by atoms with E-state index in [0.29, 0.717) is 5.69 Å². The molecule has 0 saturated heterocycles. The second-order valence-corrected chi connectivity index (χ2v) is 5.55. The number of hydrogen-bond donors (Lipinski definition) is 3. The molecule has 0 spiro atoms. The van der Waals surface area contributed by atoms with Crippen molar-refractivity contribution in [2.24, 2.45) is 5.84 Å². The Labute approximate surface area is 109 Å². The van der Waals surface area contributed by atoms with E-state index >= 15 is 0 Å². The van der Waals surface area contributed by atoms with E-state index in [0.717, 1.165) is 0 Å². The highest BCUT2D eigenvalue weighted by atomic mass is 32.2. The fraction of sp³-hybridized carbons (Fsp3) is 0.400. The third-order valence-electron chi connectivity index (χ3n) is 2.26. The Morgan fingerprint density at radius 1 is 1.16 bits per heavy atom. The molecule has 0 heterocycles. The molecule has 1 aromatic carbocycles. The molecule has 0 saturated carbocycles. The first kappa shape index (κ1) is 15.7. The summed E-state index contributed by atoms with van der Waals surface area (Å²) in [6, 6.07) is 5.51. The van der Waals surface area contributed by atoms with E-state index < -0.39 is 22.6 Å². The van der Waals surface area contributed by atoms with Crippen LogP contribution < -0.4 is 16.0 Å². The number of nitrogen functional groups attached to an aromatic ring is 1. The van der Waals surface area contributed by atoms with Crippen LogP contribution in [0.1, 0.15) is 12.8 Å². The Balaban J connectivity index is 2.56. The summed E-state index contributed by atoms with van der Waals surface area (Å²) in [7, 11) is -3.79. The molecule has 0 fully saturated rings. The number of alkyl halides is 3. The van der Waals surface area contributed by atoms with Crippen molar-refractivity contribution in [2.75, 3.05) is 12.0 Å². The highest BCUT2D eigenvalue weighted by Crippen LogP contribution is 2.21. The summed E-state index contributed by atoms with van der Waals surface area (Å²) in [6.07, 6.45) is -5.60. The second kappa shape index (κ2) is 6.22. The van der Waals surface area contributed by atoms with Gasteiger partial charge >= 0.3 is 6.18 Å². The summed E-state index contributed by atoms with van der Waals surface area (Å²) in [6.45, 7) is -0.265. The maximum absolute atomic E-state index is 11.9. The number of nitrogens with two attached hydrogens (primary N) is 1. The molecule has 0 bridgehead atoms. The third-order valence-corrected chi connectivity index (χ3v) is 3.74. The normalized spacial score (nSPS) is 12.4. The van der Waals surface area contributed by atoms with Crippen molar-refractivity contribution < 1.29 is 21.6 Å². The van der Waals surface area contributed by atoms with Gasteiger partial charge in [-0.3, -0.25) is 5.84 Å². The van der Waals surface area contributed by atoms with Crippen molar-refractivity contribution in [1.29, 1.82) is 0 Å². The molecule has 1 rings (SSSR count). The molecular weight excluding hydrogens is 283 g/mol. The van der Waals surface area contributed by atoms with Gasteiger partial charge in [-0.25, -0.2) is 13.1 Å². The summed E-state index contributed by atoms with van der Waals surface area (Å²) in [5, 5.41) is 0. The topological polar surface area (TPSA) is 84.2 Å². The van der Waals surface area contributed by atoms with E-state index in [4.69, 9.17) is 5.84 Å². The monoisotopic (exact) mass is 297 g/mol. The smallest absolute Gasteiger partial charge is 0.324 e. The van der Waals surface area contributed by atoms with Crippen LogP contribution in [0.4, 0.5) is 18.9 Å². The van der Waals surface area contributed by atoms with Gasteiger partial charge in [-0.05, 0) is 30.7 Å². The van der Waals surface area contributed by atoms with Crippen LogP contribution in [0, 0.1) is 0 Å². The Morgan fingerprint density at radius 3 is 2.21 bits per heavy atom. The lowest BCUT2D eigenvalue weighted by atomic mass is 10.3. The molecule has 0 amide bonds. The quantitative estimate of drug-likeness (QED) is 0.423. The van der Waals surface area contributed by atoms with Gasteiger partial charge in [0.25, 0.3) is 0 Å². The Hall–Kier alpha value is -1.32. The zero-order valence-corrected chi connectivity index (χ0v) is 10.7. The number of benzene rings is 1. The van der Waals surface area contributed by atoms with Crippen molar-refractivity contribution in [2.45, 2.75) is 23.9 Å². The minimum absolute atomic E-state index is 0.0292. The first-order chi connectivity index (χ1) is 8.74. The van der Waals surface area contributed by atoms with Crippen LogP contribution in [0.25, 0.3) is 0 Å². The fourth-order valence-electron chi connectivity index (χ4n) is 1.31. The molecule has 0 aromatic heterocycles. The summed E-state index contributed by atoms with van der Waals surface area (Å²) in [4.78, 5) is -0.0292. The third kappa shape index (κ3) is 5.45. The molecule has 0 atom stereocenters. The van der Waals surface area contributed by atoms with Gasteiger partial charge in [0.15, 0.2) is 0 Å². The Kier molecular flexibility index (Phi) is 5.15. The standard InChI is InChI=1S/C10H14F3N3O2S/c11-10(12,13)6-1-7-15-19(17,18)9-4-2-8(16-14)3-5-9/h2-5,15-16H,1,6-7,14H2. The van der Waals surface area contributed by atoms with Crippen molar-refractivity contribution in [3.05, 3.63) is 24.3 Å². The molecule has 5 nitrogen and oxygen atoms in total. The fourth-order valence-corrected chi connectivity index (χ4v) is 2.38. The van der Waals surface area contributed by atoms with Crippen LogP contribution >= 0.6 is 0 Å². The number of nitrogens with one attached hydrogen (secondary N) is 2. The highest BCUT2D eigenvalue weighted by Gasteiger charge is 2.26. The lowest BCUT2D eigenvalue weighted by Crippen LogP contribution is -2.25. The van der Waals surface area contributed by atoms with Crippen molar-refractivity contribution >= 4 is 15.7 Å². The maximum atomic E-state index is 11.9. The van der Waals surface area contributed by atoms with Gasteiger partial charge in [0.05, 0.1) is 4.90 Å². The maximum Gasteiger partial charge on any atom is 0.389 e. The van der Waals surface area contributed by atoms with Gasteiger partial charge in [-0.1, -0.05) is 0 Å². The van der Waals surface area contributed by atoms with Crippen molar-refractivity contribution in [3.8, 4) is 0 Å². The predicted octanol–water partition coefficient (Wildman–Crippen LogP) is 1.59. The Bertz CT molecular complexity index is 500. The lowest BCUT2D eigenvalue weighted by molar-refractivity contribution is -0.135. The summed E-state index contributed by atoms with van der Waals surface area (Å²) in [5.74, 6) is 5.13. The zero-order valence-electron chi connectivity index (χ0n) is 9.87. The minimum atomic E-state index is -4.28. The predicted molar refractivity (Wildman–Crippen MR) is 64.7 cm³/mol. The first-order valence-corrected chi connectivity index (χ1v) is 6.86. The number of anilines is 1. The first-order valence-electron chi connectivity index (χ1n) is 5.38. The van der Waals surface area contributed by atoms with Crippen LogP contribution in [0.2, 0.25) is 0 Å². The SMILES string of the molecule is NNc1ccc(S(=O)(=O)NCCCC(F)(F)F)cc1. The molecular formula is C10H14F3N3O2S. The highest BCUT2D eigenvalue weighted by molar-refractivity contribution is 7.89. The van der Waals surface area contributed by atoms with Crippen LogP contribution in [-0.2, 0) is 10.0 Å². The van der Waals surface area contributed by atoms with Gasteiger partial charge in [0.2, 0.25) is 10.0 Å². The van der Waals surface area contributed by atoms with E-state index in [2.05, 4.69) is 10.1 Å². The number of hydrogen-bond acceptors (Lipinski definition) is 4. The lowest BCUT2D eigenvalue weighted by Gasteiger charge is -2.09. The molecule has 0 aliphatic carbocycles. The molecule has 0 unspecified atom stereocenters. The number of halogens is 3. The van der Waals surface area contributed by atoms with Gasteiger partial charge in [0.1, 0.15) is 0 Å². The number of hydrazine groups is 1. The summed E-state index contributed by atoms with van der Waals surface area (Å²) >= 11 is 0. The minimum Gasteiger partial charge on any atom is -0.324 e. The van der Waals surface area contributed by atoms with Gasteiger partial charge in [-0.2, -0.15) is 13.2 Å². The van der Waals surface area contributed by atoms with E-state index in [-0.39, 0.29) is 17.9 Å². The second-order valence-electron chi connectivity index (χ2n) is 3.79. The molecule has 0 aliphatic rings. The average molecular weight is 297 g/mol. The van der Waals surface area contributed by atoms with E-state index in [9.17, 15) is 21.6 Å². The zero-order chi connectivity index (χ0) is 14.5. The van der Waals surface area contributed by atoms with Crippen LogP contribution in [0.5, 0.6) is 0 Å². The van der Waals surface area contributed by atoms with E-state index in [1.165, 1.54) is 24.3 Å². The largest absolute Gasteiger partial charge is 0.389 e. The summed E-state index contributed by atoms with van der Waals surface area (Å²) < 4.78 is 61.2. The average Bonchev–Trinajstić information content (AvgIpc) is 2.34. The van der Waals surface area contributed by atoms with Gasteiger partial charge in [-0.15, -0.1) is 0 Å². The number of sulfonamides is 1. The molecule has 1 aromatic rings. The molecule has 4 N–H and O–H groups in total. The van der Waals surface area contributed by atoms with Crippen molar-refractivity contribution in [3.63, 3.8) is 0 Å². The molecule has 19 heavy (non-hydrogen) atoms.